The number of halogens is 1. The van der Waals surface area contributed by atoms with Crippen molar-refractivity contribution in [2.24, 2.45) is 0 Å². The quantitative estimate of drug-likeness (QED) is 0.900. The molecule has 0 aliphatic carbocycles. The van der Waals surface area contributed by atoms with Crippen LogP contribution in [0.4, 0.5) is 0 Å². The predicted octanol–water partition coefficient (Wildman–Crippen LogP) is 3.98. The van der Waals surface area contributed by atoms with Crippen LogP contribution in [0.25, 0.3) is 11.0 Å². The van der Waals surface area contributed by atoms with Crippen LogP contribution in [0.15, 0.2) is 18.2 Å². The van der Waals surface area contributed by atoms with Gasteiger partial charge in [-0.05, 0) is 44.9 Å². The number of piperidine rings is 1. The summed E-state index contributed by atoms with van der Waals surface area (Å²) in [5, 5.41) is 0.752. The lowest BCUT2D eigenvalue weighted by Crippen LogP contribution is -2.43. The molecule has 1 saturated heterocycles. The van der Waals surface area contributed by atoms with E-state index in [1.54, 1.807) is 0 Å². The largest absolute Gasteiger partial charge is 0.341 e. The Balaban J connectivity index is 1.84. The zero-order chi connectivity index (χ0) is 13.4. The Morgan fingerprint density at radius 2 is 2.05 bits per heavy atom. The normalized spacial score (nSPS) is 25.0. The van der Waals surface area contributed by atoms with Gasteiger partial charge in [0.05, 0.1) is 17.6 Å². The molecule has 3 nitrogen and oxygen atoms in total. The van der Waals surface area contributed by atoms with Gasteiger partial charge in [-0.1, -0.05) is 18.0 Å². The molecule has 1 aromatic heterocycles. The maximum absolute atomic E-state index is 6.01. The molecule has 4 heteroatoms. The van der Waals surface area contributed by atoms with Crippen LogP contribution in [0.1, 0.15) is 38.9 Å². The Bertz CT molecular complexity index is 568. The fourth-order valence-corrected chi connectivity index (χ4v) is 3.24. The Kier molecular flexibility index (Phi) is 3.50. The average molecular weight is 278 g/mol. The summed E-state index contributed by atoms with van der Waals surface area (Å²) in [6.45, 7) is 5.53. The Labute approximate surface area is 119 Å². The van der Waals surface area contributed by atoms with E-state index in [1.165, 1.54) is 19.3 Å². The monoisotopic (exact) mass is 277 g/mol. The molecule has 1 fully saturated rings. The minimum atomic E-state index is 0.639. The van der Waals surface area contributed by atoms with Crippen LogP contribution >= 0.6 is 11.6 Å². The SMILES string of the molecule is CC1CCCC(C)N1Cc1nc2ccc(Cl)cc2[nH]1. The van der Waals surface area contributed by atoms with Crippen molar-refractivity contribution >= 4 is 22.6 Å². The van der Waals surface area contributed by atoms with E-state index in [0.29, 0.717) is 12.1 Å². The van der Waals surface area contributed by atoms with Crippen molar-refractivity contribution in [1.29, 1.82) is 0 Å². The molecule has 3 rings (SSSR count). The van der Waals surface area contributed by atoms with Gasteiger partial charge in [-0.2, -0.15) is 0 Å². The summed E-state index contributed by atoms with van der Waals surface area (Å²) < 4.78 is 0. The molecule has 1 aromatic carbocycles. The molecular formula is C15H20ClN3. The zero-order valence-corrected chi connectivity index (χ0v) is 12.2. The first kappa shape index (κ1) is 12.9. The van der Waals surface area contributed by atoms with Gasteiger partial charge in [0.25, 0.3) is 0 Å². The van der Waals surface area contributed by atoms with Crippen molar-refractivity contribution in [3.8, 4) is 0 Å². The van der Waals surface area contributed by atoms with Gasteiger partial charge in [-0.3, -0.25) is 4.90 Å². The second-order valence-electron chi connectivity index (χ2n) is 5.65. The van der Waals surface area contributed by atoms with Gasteiger partial charge in [0.2, 0.25) is 0 Å². The molecule has 0 amide bonds. The summed E-state index contributed by atoms with van der Waals surface area (Å²) in [6.07, 6.45) is 3.92. The van der Waals surface area contributed by atoms with Crippen molar-refractivity contribution in [2.45, 2.75) is 51.7 Å². The number of nitrogens with one attached hydrogen (secondary N) is 1. The van der Waals surface area contributed by atoms with Crippen LogP contribution in [-0.4, -0.2) is 27.0 Å². The Morgan fingerprint density at radius 1 is 1.32 bits per heavy atom. The lowest BCUT2D eigenvalue weighted by Gasteiger charge is -2.38. The number of hydrogen-bond donors (Lipinski definition) is 1. The molecule has 1 aliphatic rings. The number of imidazole rings is 1. The molecule has 19 heavy (non-hydrogen) atoms. The van der Waals surface area contributed by atoms with Gasteiger partial charge in [-0.25, -0.2) is 4.98 Å². The van der Waals surface area contributed by atoms with Crippen LogP contribution in [0.3, 0.4) is 0 Å². The smallest absolute Gasteiger partial charge is 0.121 e. The minimum absolute atomic E-state index is 0.639. The fraction of sp³-hybridized carbons (Fsp3) is 0.533. The molecule has 0 bridgehead atoms. The molecule has 2 aromatic rings. The standard InChI is InChI=1S/C15H20ClN3/c1-10-4-3-5-11(2)19(10)9-15-17-13-7-6-12(16)8-14(13)18-15/h6-8,10-11H,3-5,9H2,1-2H3,(H,17,18). The topological polar surface area (TPSA) is 31.9 Å². The summed E-state index contributed by atoms with van der Waals surface area (Å²) >= 11 is 6.01. The lowest BCUT2D eigenvalue weighted by atomic mass is 9.98. The molecule has 0 radical (unpaired) electrons. The number of fused-ring (bicyclic) bond motifs is 1. The number of rotatable bonds is 2. The third kappa shape index (κ3) is 2.63. The molecule has 2 unspecified atom stereocenters. The molecule has 1 aliphatic heterocycles. The summed E-state index contributed by atoms with van der Waals surface area (Å²) in [6, 6.07) is 7.08. The van der Waals surface area contributed by atoms with Crippen molar-refractivity contribution in [1.82, 2.24) is 14.9 Å². The third-order valence-corrected chi connectivity index (χ3v) is 4.44. The van der Waals surface area contributed by atoms with Gasteiger partial charge in [0.1, 0.15) is 5.82 Å². The molecule has 102 valence electrons. The van der Waals surface area contributed by atoms with E-state index in [2.05, 4.69) is 28.7 Å². The summed E-state index contributed by atoms with van der Waals surface area (Å²) in [7, 11) is 0. The van der Waals surface area contributed by atoms with E-state index in [4.69, 9.17) is 11.6 Å². The number of nitrogens with zero attached hydrogens (tertiary/aromatic N) is 2. The van der Waals surface area contributed by atoms with E-state index in [1.807, 2.05) is 18.2 Å². The van der Waals surface area contributed by atoms with Crippen LogP contribution < -0.4 is 0 Å². The number of aromatic amines is 1. The van der Waals surface area contributed by atoms with E-state index in [0.717, 1.165) is 28.4 Å². The molecule has 0 saturated carbocycles. The first-order valence-corrected chi connectivity index (χ1v) is 7.41. The zero-order valence-electron chi connectivity index (χ0n) is 11.5. The highest BCUT2D eigenvalue weighted by molar-refractivity contribution is 6.31. The number of benzene rings is 1. The number of H-pyrrole nitrogens is 1. The minimum Gasteiger partial charge on any atom is -0.341 e. The fourth-order valence-electron chi connectivity index (χ4n) is 3.07. The van der Waals surface area contributed by atoms with Gasteiger partial charge < -0.3 is 4.98 Å². The highest BCUT2D eigenvalue weighted by Gasteiger charge is 2.25. The van der Waals surface area contributed by atoms with E-state index < -0.39 is 0 Å². The van der Waals surface area contributed by atoms with E-state index in [9.17, 15) is 0 Å². The Morgan fingerprint density at radius 3 is 2.79 bits per heavy atom. The van der Waals surface area contributed by atoms with Crippen LogP contribution in [0.2, 0.25) is 5.02 Å². The summed E-state index contributed by atoms with van der Waals surface area (Å²) in [5.41, 5.74) is 2.02. The number of aromatic nitrogens is 2. The maximum Gasteiger partial charge on any atom is 0.121 e. The highest BCUT2D eigenvalue weighted by Crippen LogP contribution is 2.25. The van der Waals surface area contributed by atoms with Gasteiger partial charge in [0.15, 0.2) is 0 Å². The van der Waals surface area contributed by atoms with Crippen LogP contribution in [0.5, 0.6) is 0 Å². The van der Waals surface area contributed by atoms with Crippen molar-refractivity contribution in [3.05, 3.63) is 29.0 Å². The highest BCUT2D eigenvalue weighted by atomic mass is 35.5. The second kappa shape index (κ2) is 5.14. The molecule has 2 heterocycles. The molecule has 2 atom stereocenters. The molecule has 0 spiro atoms. The van der Waals surface area contributed by atoms with Gasteiger partial charge >= 0.3 is 0 Å². The van der Waals surface area contributed by atoms with Crippen LogP contribution in [-0.2, 0) is 6.54 Å². The summed E-state index contributed by atoms with van der Waals surface area (Å²) in [4.78, 5) is 10.6. The van der Waals surface area contributed by atoms with Crippen LogP contribution in [0, 0.1) is 0 Å². The first-order chi connectivity index (χ1) is 9.13. The average Bonchev–Trinajstić information content (AvgIpc) is 2.75. The van der Waals surface area contributed by atoms with Crippen molar-refractivity contribution in [3.63, 3.8) is 0 Å². The predicted molar refractivity (Wildman–Crippen MR) is 79.4 cm³/mol. The van der Waals surface area contributed by atoms with E-state index >= 15 is 0 Å². The first-order valence-electron chi connectivity index (χ1n) is 7.03. The van der Waals surface area contributed by atoms with Gasteiger partial charge in [-0.15, -0.1) is 0 Å². The van der Waals surface area contributed by atoms with Gasteiger partial charge in [0, 0.05) is 17.1 Å². The maximum atomic E-state index is 6.01. The summed E-state index contributed by atoms with van der Waals surface area (Å²) in [5.74, 6) is 1.04. The second-order valence-corrected chi connectivity index (χ2v) is 6.08. The third-order valence-electron chi connectivity index (χ3n) is 4.20. The van der Waals surface area contributed by atoms with E-state index in [-0.39, 0.29) is 0 Å². The lowest BCUT2D eigenvalue weighted by molar-refractivity contribution is 0.0926. The Hall–Kier alpha value is -1.06. The molecular weight excluding hydrogens is 258 g/mol. The number of hydrogen-bond acceptors (Lipinski definition) is 2. The van der Waals surface area contributed by atoms with Crippen molar-refractivity contribution in [2.75, 3.05) is 0 Å². The number of likely N-dealkylation sites (tertiary alicyclic amines) is 1. The van der Waals surface area contributed by atoms with Crippen molar-refractivity contribution < 1.29 is 0 Å². The molecule has 1 N–H and O–H groups in total.